The number of methoxy groups -OCH3 is 2. The second kappa shape index (κ2) is 9.94. The fraction of sp³-hybridized carbons (Fsp3) is 0.333. The third-order valence-corrected chi connectivity index (χ3v) is 6.46. The Morgan fingerprint density at radius 3 is 2.42 bits per heavy atom. The molecule has 1 aliphatic heterocycles. The molecule has 0 aliphatic carbocycles. The van der Waals surface area contributed by atoms with E-state index in [0.717, 1.165) is 28.2 Å². The van der Waals surface area contributed by atoms with Crippen molar-refractivity contribution in [3.63, 3.8) is 0 Å². The Hall–Kier alpha value is -3.98. The summed E-state index contributed by atoms with van der Waals surface area (Å²) in [4.78, 5) is 26.9. The van der Waals surface area contributed by atoms with Gasteiger partial charge in [-0.2, -0.15) is 5.10 Å². The van der Waals surface area contributed by atoms with Gasteiger partial charge in [0.05, 0.1) is 23.9 Å². The number of hydrogen-bond donors (Lipinski definition) is 0. The van der Waals surface area contributed by atoms with Crippen LogP contribution in [0.4, 0.5) is 5.82 Å². The van der Waals surface area contributed by atoms with Crippen LogP contribution in [0.25, 0.3) is 16.7 Å². The van der Waals surface area contributed by atoms with Crippen molar-refractivity contribution in [3.8, 4) is 11.4 Å². The van der Waals surface area contributed by atoms with Gasteiger partial charge in [-0.3, -0.25) is 4.79 Å². The van der Waals surface area contributed by atoms with E-state index >= 15 is 0 Å². The Labute approximate surface area is 210 Å². The van der Waals surface area contributed by atoms with Crippen LogP contribution < -0.4 is 9.64 Å². The minimum absolute atomic E-state index is 0.00447. The van der Waals surface area contributed by atoms with Crippen molar-refractivity contribution in [3.05, 3.63) is 71.2 Å². The molecule has 0 spiro atoms. The van der Waals surface area contributed by atoms with Gasteiger partial charge in [0.15, 0.2) is 11.5 Å². The number of piperazine rings is 1. The number of ether oxygens (including phenoxy) is 2. The molecule has 0 saturated carbocycles. The molecular weight excluding hydrogens is 456 g/mol. The number of carbonyl (C=O) groups excluding carboxylic acids is 1. The Bertz CT molecular complexity index is 1390. The zero-order valence-electron chi connectivity index (χ0n) is 21.1. The fourth-order valence-electron chi connectivity index (χ4n) is 4.55. The quantitative estimate of drug-likeness (QED) is 0.412. The topological polar surface area (TPSA) is 85.6 Å². The molecule has 0 bridgehead atoms. The van der Waals surface area contributed by atoms with E-state index in [1.165, 1.54) is 5.56 Å². The van der Waals surface area contributed by atoms with E-state index in [4.69, 9.17) is 24.5 Å². The summed E-state index contributed by atoms with van der Waals surface area (Å²) in [6.07, 6.45) is 0. The van der Waals surface area contributed by atoms with E-state index in [0.29, 0.717) is 49.9 Å². The highest BCUT2D eigenvalue weighted by atomic mass is 16.5. The number of fused-ring (bicyclic) bond motifs is 1. The minimum Gasteiger partial charge on any atom is -0.497 e. The van der Waals surface area contributed by atoms with Crippen molar-refractivity contribution in [1.29, 1.82) is 0 Å². The molecule has 1 amide bonds. The second-order valence-corrected chi connectivity index (χ2v) is 8.94. The van der Waals surface area contributed by atoms with Gasteiger partial charge in [0.1, 0.15) is 18.2 Å². The smallest absolute Gasteiger partial charge is 0.254 e. The van der Waals surface area contributed by atoms with E-state index in [1.54, 1.807) is 20.3 Å². The van der Waals surface area contributed by atoms with Gasteiger partial charge in [-0.1, -0.05) is 23.8 Å². The van der Waals surface area contributed by atoms with Crippen LogP contribution in [0.3, 0.4) is 0 Å². The maximum absolute atomic E-state index is 13.1. The van der Waals surface area contributed by atoms with Crippen molar-refractivity contribution in [1.82, 2.24) is 24.6 Å². The number of carbonyl (C=O) groups is 1. The zero-order chi connectivity index (χ0) is 25.2. The Morgan fingerprint density at radius 2 is 1.72 bits per heavy atom. The molecular formula is C27H30N6O3. The van der Waals surface area contributed by atoms with Crippen molar-refractivity contribution in [2.24, 2.45) is 0 Å². The number of amides is 1. The lowest BCUT2D eigenvalue weighted by Gasteiger charge is -2.35. The van der Waals surface area contributed by atoms with Crippen molar-refractivity contribution < 1.29 is 14.3 Å². The predicted molar refractivity (Wildman–Crippen MR) is 138 cm³/mol. The lowest BCUT2D eigenvalue weighted by Crippen LogP contribution is -2.49. The third-order valence-electron chi connectivity index (χ3n) is 6.46. The first kappa shape index (κ1) is 23.7. The minimum atomic E-state index is 0.00447. The van der Waals surface area contributed by atoms with Gasteiger partial charge in [-0.05, 0) is 44.2 Å². The van der Waals surface area contributed by atoms with Crippen LogP contribution in [-0.4, -0.2) is 71.0 Å². The molecule has 1 aliphatic rings. The average Bonchev–Trinajstić information content (AvgIpc) is 3.24. The molecule has 9 heteroatoms. The molecule has 0 N–H and O–H groups in total. The van der Waals surface area contributed by atoms with Gasteiger partial charge < -0.3 is 19.3 Å². The summed E-state index contributed by atoms with van der Waals surface area (Å²) in [7, 11) is 3.24. The van der Waals surface area contributed by atoms with Crippen molar-refractivity contribution >= 4 is 22.8 Å². The first-order valence-corrected chi connectivity index (χ1v) is 12.0. The predicted octanol–water partition coefficient (Wildman–Crippen LogP) is 3.55. The van der Waals surface area contributed by atoms with E-state index in [-0.39, 0.29) is 5.91 Å². The van der Waals surface area contributed by atoms with Crippen LogP contribution in [0.15, 0.2) is 48.5 Å². The van der Waals surface area contributed by atoms with Gasteiger partial charge in [0.25, 0.3) is 5.91 Å². The first-order chi connectivity index (χ1) is 17.5. The summed E-state index contributed by atoms with van der Waals surface area (Å²) in [5.74, 6) is 2.11. The third kappa shape index (κ3) is 4.49. The molecule has 4 aromatic rings. The van der Waals surface area contributed by atoms with E-state index in [9.17, 15) is 4.79 Å². The number of benzene rings is 2. The first-order valence-electron chi connectivity index (χ1n) is 12.0. The van der Waals surface area contributed by atoms with Crippen LogP contribution in [0.5, 0.6) is 5.75 Å². The summed E-state index contributed by atoms with van der Waals surface area (Å²) in [5.41, 5.74) is 4.37. The molecule has 186 valence electrons. The molecule has 0 radical (unpaired) electrons. The lowest BCUT2D eigenvalue weighted by molar-refractivity contribution is 0.0746. The molecule has 1 saturated heterocycles. The molecule has 2 aromatic heterocycles. The molecule has 0 atom stereocenters. The Balaban J connectivity index is 1.45. The van der Waals surface area contributed by atoms with Gasteiger partial charge in [-0.25, -0.2) is 14.6 Å². The number of nitrogens with zero attached hydrogens (tertiary/aromatic N) is 6. The average molecular weight is 487 g/mol. The molecule has 3 heterocycles. The Morgan fingerprint density at radius 1 is 0.972 bits per heavy atom. The van der Waals surface area contributed by atoms with Crippen molar-refractivity contribution in [2.45, 2.75) is 20.5 Å². The summed E-state index contributed by atoms with van der Waals surface area (Å²) >= 11 is 0. The van der Waals surface area contributed by atoms with E-state index in [1.807, 2.05) is 46.8 Å². The SMILES string of the molecule is COCc1nc(N2CCN(C(=O)c3cccc(OC)c3)CC2)c2c(C)nn(-c3ccc(C)cc3)c2n1. The molecule has 36 heavy (non-hydrogen) atoms. The molecule has 1 fully saturated rings. The number of aromatic nitrogens is 4. The normalized spacial score (nSPS) is 13.9. The van der Waals surface area contributed by atoms with Crippen LogP contribution in [-0.2, 0) is 11.3 Å². The number of aryl methyl sites for hydroxylation is 2. The van der Waals surface area contributed by atoms with Crippen LogP contribution in [0.2, 0.25) is 0 Å². The van der Waals surface area contributed by atoms with Gasteiger partial charge in [0.2, 0.25) is 0 Å². The standard InChI is InChI=1S/C27H30N6O3/c1-18-8-10-21(11-9-18)33-26-24(19(2)30-33)25(28-23(29-26)17-35-3)31-12-14-32(15-13-31)27(34)20-6-5-7-22(16-20)36-4/h5-11,16H,12-15,17H2,1-4H3. The largest absolute Gasteiger partial charge is 0.497 e. The highest BCUT2D eigenvalue weighted by Crippen LogP contribution is 2.30. The van der Waals surface area contributed by atoms with Crippen LogP contribution in [0.1, 0.15) is 27.4 Å². The second-order valence-electron chi connectivity index (χ2n) is 8.94. The van der Waals surface area contributed by atoms with Gasteiger partial charge in [-0.15, -0.1) is 0 Å². The van der Waals surface area contributed by atoms with Gasteiger partial charge in [0, 0.05) is 38.9 Å². The summed E-state index contributed by atoms with van der Waals surface area (Å²) in [6, 6.07) is 15.5. The van der Waals surface area contributed by atoms with Crippen LogP contribution >= 0.6 is 0 Å². The molecule has 5 rings (SSSR count). The molecule has 2 aromatic carbocycles. The van der Waals surface area contributed by atoms with Crippen molar-refractivity contribution in [2.75, 3.05) is 45.3 Å². The Kier molecular flexibility index (Phi) is 6.56. The highest BCUT2D eigenvalue weighted by Gasteiger charge is 2.27. The van der Waals surface area contributed by atoms with E-state index < -0.39 is 0 Å². The lowest BCUT2D eigenvalue weighted by atomic mass is 10.1. The van der Waals surface area contributed by atoms with Crippen LogP contribution in [0, 0.1) is 13.8 Å². The summed E-state index contributed by atoms with van der Waals surface area (Å²) < 4.78 is 12.5. The molecule has 9 nitrogen and oxygen atoms in total. The zero-order valence-corrected chi connectivity index (χ0v) is 21.1. The fourth-order valence-corrected chi connectivity index (χ4v) is 4.55. The monoisotopic (exact) mass is 486 g/mol. The number of hydrogen-bond acceptors (Lipinski definition) is 7. The number of anilines is 1. The number of rotatable bonds is 6. The highest BCUT2D eigenvalue weighted by molar-refractivity contribution is 5.95. The van der Waals surface area contributed by atoms with Gasteiger partial charge >= 0.3 is 0 Å². The maximum atomic E-state index is 13.1. The van der Waals surface area contributed by atoms with E-state index in [2.05, 4.69) is 24.0 Å². The molecule has 0 unspecified atom stereocenters. The summed E-state index contributed by atoms with van der Waals surface area (Å²) in [5, 5.41) is 5.74. The maximum Gasteiger partial charge on any atom is 0.254 e. The summed E-state index contributed by atoms with van der Waals surface area (Å²) in [6.45, 7) is 6.84.